The van der Waals surface area contributed by atoms with Gasteiger partial charge in [-0.15, -0.1) is 0 Å². The van der Waals surface area contributed by atoms with Gasteiger partial charge < -0.3 is 24.6 Å². The second-order valence-corrected chi connectivity index (χ2v) is 5.69. The van der Waals surface area contributed by atoms with E-state index in [1.165, 1.54) is 0 Å². The topological polar surface area (TPSA) is 60.0 Å². The van der Waals surface area contributed by atoms with Crippen molar-refractivity contribution < 1.29 is 19.3 Å². The zero-order chi connectivity index (χ0) is 15.3. The smallest absolute Gasteiger partial charge is 0.0700 e. The number of hydrogen-bond donors (Lipinski definition) is 2. The first-order valence-corrected chi connectivity index (χ1v) is 7.57. The summed E-state index contributed by atoms with van der Waals surface area (Å²) < 4.78 is 15.9. The normalized spacial score (nSPS) is 14.7. The van der Waals surface area contributed by atoms with Crippen LogP contribution in [0.3, 0.4) is 0 Å². The quantitative estimate of drug-likeness (QED) is 0.476. The zero-order valence-electron chi connectivity index (χ0n) is 13.6. The Labute approximate surface area is 124 Å². The molecular formula is C15H33NO4. The van der Waals surface area contributed by atoms with Crippen molar-refractivity contribution in [2.24, 2.45) is 0 Å². The molecule has 0 radical (unpaired) electrons. The minimum atomic E-state index is -0.214. The fourth-order valence-corrected chi connectivity index (χ4v) is 2.09. The molecule has 0 fully saturated rings. The van der Waals surface area contributed by atoms with E-state index in [-0.39, 0.29) is 12.1 Å². The van der Waals surface area contributed by atoms with Crippen LogP contribution in [-0.4, -0.2) is 63.4 Å². The van der Waals surface area contributed by atoms with Crippen LogP contribution in [0.1, 0.15) is 40.0 Å². The summed E-state index contributed by atoms with van der Waals surface area (Å²) in [4.78, 5) is 0. The molecule has 0 rings (SSSR count). The summed E-state index contributed by atoms with van der Waals surface area (Å²) in [6, 6.07) is 0.369. The summed E-state index contributed by atoms with van der Waals surface area (Å²) in [6.45, 7) is 9.79. The Morgan fingerprint density at radius 1 is 1.00 bits per heavy atom. The lowest BCUT2D eigenvalue weighted by atomic mass is 9.96. The second kappa shape index (κ2) is 12.5. The van der Waals surface area contributed by atoms with Gasteiger partial charge in [0.1, 0.15) is 0 Å². The van der Waals surface area contributed by atoms with Crippen LogP contribution < -0.4 is 5.32 Å². The third-order valence-corrected chi connectivity index (χ3v) is 3.01. The number of nitrogens with one attached hydrogen (secondary N) is 1. The van der Waals surface area contributed by atoms with Gasteiger partial charge in [-0.2, -0.15) is 0 Å². The van der Waals surface area contributed by atoms with E-state index in [2.05, 4.69) is 19.2 Å². The largest absolute Gasteiger partial charge is 0.394 e. The van der Waals surface area contributed by atoms with Gasteiger partial charge in [0, 0.05) is 38.5 Å². The Bertz CT molecular complexity index is 214. The van der Waals surface area contributed by atoms with Gasteiger partial charge in [-0.25, -0.2) is 0 Å². The number of aliphatic hydroxyl groups excluding tert-OH is 1. The monoisotopic (exact) mass is 291 g/mol. The summed E-state index contributed by atoms with van der Waals surface area (Å²) in [7, 11) is 1.69. The Kier molecular flexibility index (Phi) is 12.4. The molecule has 5 nitrogen and oxygen atoms in total. The molecular weight excluding hydrogens is 258 g/mol. The highest BCUT2D eigenvalue weighted by atomic mass is 16.5. The zero-order valence-corrected chi connectivity index (χ0v) is 13.6. The Morgan fingerprint density at radius 3 is 2.10 bits per heavy atom. The molecule has 0 aromatic carbocycles. The van der Waals surface area contributed by atoms with Gasteiger partial charge in [0.05, 0.1) is 19.8 Å². The molecule has 122 valence electrons. The molecule has 1 atom stereocenters. The minimum absolute atomic E-state index is 0.147. The van der Waals surface area contributed by atoms with Gasteiger partial charge >= 0.3 is 0 Å². The summed E-state index contributed by atoms with van der Waals surface area (Å²) in [5, 5.41) is 12.8. The van der Waals surface area contributed by atoms with Crippen LogP contribution in [0, 0.1) is 0 Å². The Balaban J connectivity index is 3.42. The van der Waals surface area contributed by atoms with Crippen molar-refractivity contribution in [1.29, 1.82) is 0 Å². The fraction of sp³-hybridized carbons (Fsp3) is 1.00. The lowest BCUT2D eigenvalue weighted by molar-refractivity contribution is 0.0357. The van der Waals surface area contributed by atoms with E-state index < -0.39 is 0 Å². The van der Waals surface area contributed by atoms with Crippen molar-refractivity contribution in [3.63, 3.8) is 0 Å². The van der Waals surface area contributed by atoms with Crippen molar-refractivity contribution in [1.82, 2.24) is 5.32 Å². The highest BCUT2D eigenvalue weighted by molar-refractivity contribution is 4.83. The molecule has 0 aliphatic carbocycles. The first kappa shape index (κ1) is 19.8. The molecule has 0 bridgehead atoms. The minimum Gasteiger partial charge on any atom is -0.394 e. The van der Waals surface area contributed by atoms with E-state index in [0.717, 1.165) is 32.5 Å². The Hall–Kier alpha value is -0.200. The van der Waals surface area contributed by atoms with E-state index >= 15 is 0 Å². The molecule has 0 aromatic heterocycles. The number of hydrogen-bond acceptors (Lipinski definition) is 5. The first-order valence-electron chi connectivity index (χ1n) is 7.57. The molecule has 0 saturated heterocycles. The van der Waals surface area contributed by atoms with Gasteiger partial charge in [-0.3, -0.25) is 0 Å². The molecule has 0 aromatic rings. The first-order chi connectivity index (χ1) is 9.54. The van der Waals surface area contributed by atoms with Crippen LogP contribution in [0.4, 0.5) is 0 Å². The van der Waals surface area contributed by atoms with Crippen LogP contribution in [0.15, 0.2) is 0 Å². The van der Waals surface area contributed by atoms with Crippen molar-refractivity contribution in [2.45, 2.75) is 51.6 Å². The van der Waals surface area contributed by atoms with Crippen LogP contribution in [0.2, 0.25) is 0 Å². The summed E-state index contributed by atoms with van der Waals surface area (Å²) in [5.41, 5.74) is -0.214. The van der Waals surface area contributed by atoms with Gasteiger partial charge in [-0.05, 0) is 26.2 Å². The maximum absolute atomic E-state index is 9.44. The number of aliphatic hydroxyl groups is 1. The van der Waals surface area contributed by atoms with Gasteiger partial charge in [0.2, 0.25) is 0 Å². The predicted molar refractivity (Wildman–Crippen MR) is 81.1 cm³/mol. The van der Waals surface area contributed by atoms with E-state index in [1.54, 1.807) is 7.11 Å². The van der Waals surface area contributed by atoms with Crippen LogP contribution in [0.25, 0.3) is 0 Å². The highest BCUT2D eigenvalue weighted by Crippen LogP contribution is 2.12. The van der Waals surface area contributed by atoms with Crippen molar-refractivity contribution in [2.75, 3.05) is 46.8 Å². The lowest BCUT2D eigenvalue weighted by Crippen LogP contribution is -2.49. The van der Waals surface area contributed by atoms with Crippen molar-refractivity contribution in [3.05, 3.63) is 0 Å². The highest BCUT2D eigenvalue weighted by Gasteiger charge is 2.22. The molecule has 0 aliphatic rings. The molecule has 0 amide bonds. The maximum Gasteiger partial charge on any atom is 0.0700 e. The van der Waals surface area contributed by atoms with Crippen LogP contribution in [0.5, 0.6) is 0 Å². The molecule has 0 spiro atoms. The molecule has 0 saturated carbocycles. The van der Waals surface area contributed by atoms with Gasteiger partial charge in [0.25, 0.3) is 0 Å². The third kappa shape index (κ3) is 11.6. The standard InChI is InChI=1S/C15H33NO4/c1-14(2)16-15(3,13-17)7-5-9-19-11-12-20-10-6-8-18-4/h14,16-17H,5-13H2,1-4H3. The molecule has 0 aliphatic heterocycles. The SMILES string of the molecule is COCCCOCCOCCCC(C)(CO)NC(C)C. The van der Waals surface area contributed by atoms with E-state index in [4.69, 9.17) is 14.2 Å². The fourth-order valence-electron chi connectivity index (χ4n) is 2.09. The molecule has 20 heavy (non-hydrogen) atoms. The van der Waals surface area contributed by atoms with Gasteiger partial charge in [-0.1, -0.05) is 13.8 Å². The molecule has 1 unspecified atom stereocenters. The van der Waals surface area contributed by atoms with Crippen molar-refractivity contribution in [3.8, 4) is 0 Å². The van der Waals surface area contributed by atoms with Crippen LogP contribution in [-0.2, 0) is 14.2 Å². The van der Waals surface area contributed by atoms with E-state index in [9.17, 15) is 5.11 Å². The summed E-state index contributed by atoms with van der Waals surface area (Å²) in [6.07, 6.45) is 2.75. The van der Waals surface area contributed by atoms with E-state index in [0.29, 0.717) is 25.9 Å². The number of methoxy groups -OCH3 is 1. The number of rotatable bonds is 14. The maximum atomic E-state index is 9.44. The number of ether oxygens (including phenoxy) is 3. The van der Waals surface area contributed by atoms with Gasteiger partial charge in [0.15, 0.2) is 0 Å². The third-order valence-electron chi connectivity index (χ3n) is 3.01. The second-order valence-electron chi connectivity index (χ2n) is 5.69. The predicted octanol–water partition coefficient (Wildman–Crippen LogP) is 1.59. The molecule has 0 heterocycles. The lowest BCUT2D eigenvalue weighted by Gasteiger charge is -2.31. The van der Waals surface area contributed by atoms with Crippen LogP contribution >= 0.6 is 0 Å². The average molecular weight is 291 g/mol. The summed E-state index contributed by atoms with van der Waals surface area (Å²) in [5.74, 6) is 0. The average Bonchev–Trinajstić information content (AvgIpc) is 2.40. The molecule has 2 N–H and O–H groups in total. The summed E-state index contributed by atoms with van der Waals surface area (Å²) >= 11 is 0. The van der Waals surface area contributed by atoms with E-state index in [1.807, 2.05) is 6.92 Å². The van der Waals surface area contributed by atoms with Crippen molar-refractivity contribution >= 4 is 0 Å². The molecule has 5 heteroatoms. The Morgan fingerprint density at radius 2 is 1.60 bits per heavy atom.